The van der Waals surface area contributed by atoms with Gasteiger partial charge in [-0.3, -0.25) is 9.59 Å². The number of Topliss-reactive ketones (excluding diaryl/α,β-unsaturated/α-hetero) is 1. The molecule has 2 aromatic heterocycles. The summed E-state index contributed by atoms with van der Waals surface area (Å²) in [7, 11) is 0. The van der Waals surface area contributed by atoms with Crippen molar-refractivity contribution in [3.8, 4) is 0 Å². The first-order valence-electron chi connectivity index (χ1n) is 6.87. The molecular weight excluding hydrogens is 432 g/mol. The van der Waals surface area contributed by atoms with E-state index < -0.39 is 5.92 Å². The molecule has 24 heavy (non-hydrogen) atoms. The van der Waals surface area contributed by atoms with Crippen LogP contribution in [0.2, 0.25) is 5.02 Å². The summed E-state index contributed by atoms with van der Waals surface area (Å²) in [5.74, 6) is -0.220. The normalized spacial score (nSPS) is 11.9. The van der Waals surface area contributed by atoms with E-state index in [1.54, 1.807) is 41.9 Å². The number of H-pyrrole nitrogens is 1. The van der Waals surface area contributed by atoms with Crippen molar-refractivity contribution < 1.29 is 9.59 Å². The molecule has 4 nitrogen and oxygen atoms in total. The molecule has 0 amide bonds. The summed E-state index contributed by atoms with van der Waals surface area (Å²) >= 11 is 8.53. The van der Waals surface area contributed by atoms with Crippen LogP contribution in [0.5, 0.6) is 0 Å². The van der Waals surface area contributed by atoms with Gasteiger partial charge in [-0.2, -0.15) is 0 Å². The molecule has 126 valence electrons. The largest absolute Gasteiger partial charge is 0.341 e. The van der Waals surface area contributed by atoms with E-state index in [1.165, 1.54) is 0 Å². The van der Waals surface area contributed by atoms with Crippen molar-refractivity contribution in [2.75, 3.05) is 6.26 Å². The third-order valence-corrected chi connectivity index (χ3v) is 5.12. The maximum atomic E-state index is 12.8. The van der Waals surface area contributed by atoms with Crippen LogP contribution in [0.4, 0.5) is 0 Å². The van der Waals surface area contributed by atoms with Gasteiger partial charge in [-0.25, -0.2) is 4.98 Å². The van der Waals surface area contributed by atoms with Crippen molar-refractivity contribution in [1.82, 2.24) is 9.97 Å². The third-order valence-electron chi connectivity index (χ3n) is 3.52. The van der Waals surface area contributed by atoms with E-state index in [4.69, 9.17) is 11.6 Å². The Hall–Kier alpha value is -1.15. The van der Waals surface area contributed by atoms with Crippen molar-refractivity contribution in [2.45, 2.75) is 12.3 Å². The lowest BCUT2D eigenvalue weighted by molar-refractivity contribution is -0.111. The Labute approximate surface area is 162 Å². The maximum absolute atomic E-state index is 12.8. The predicted molar refractivity (Wildman–Crippen MR) is 106 cm³/mol. The average molecular weight is 446 g/mol. The molecule has 0 saturated carbocycles. The number of rotatable bonds is 5. The third kappa shape index (κ3) is 4.08. The first-order valence-corrected chi connectivity index (χ1v) is 9.41. The summed E-state index contributed by atoms with van der Waals surface area (Å²) in [5, 5.41) is 4.37. The van der Waals surface area contributed by atoms with Crippen molar-refractivity contribution in [3.63, 3.8) is 0 Å². The van der Waals surface area contributed by atoms with Gasteiger partial charge in [0.2, 0.25) is 0 Å². The fourth-order valence-electron chi connectivity index (χ4n) is 2.31. The molecule has 3 rings (SSSR count). The highest BCUT2D eigenvalue weighted by Crippen LogP contribution is 2.28. The molecule has 8 heteroatoms. The van der Waals surface area contributed by atoms with E-state index in [2.05, 4.69) is 9.97 Å². The monoisotopic (exact) mass is 444 g/mol. The van der Waals surface area contributed by atoms with Gasteiger partial charge in [0.15, 0.2) is 10.9 Å². The Morgan fingerprint density at radius 1 is 1.29 bits per heavy atom. The number of hydrogen-bond acceptors (Lipinski definition) is 5. The number of ketones is 1. The number of aromatic nitrogens is 2. The second-order valence-corrected chi connectivity index (χ2v) is 7.04. The minimum absolute atomic E-state index is 0. The van der Waals surface area contributed by atoms with Gasteiger partial charge in [-0.15, -0.1) is 28.3 Å². The molecule has 1 aromatic carbocycles. The molecule has 0 fully saturated rings. The molecule has 3 aromatic rings. The highest BCUT2D eigenvalue weighted by atomic mass is 79.9. The van der Waals surface area contributed by atoms with Gasteiger partial charge in [0.25, 0.3) is 0 Å². The molecule has 2 heterocycles. The van der Waals surface area contributed by atoms with Crippen LogP contribution < -0.4 is 0 Å². The van der Waals surface area contributed by atoms with Gasteiger partial charge in [-0.1, -0.05) is 23.4 Å². The van der Waals surface area contributed by atoms with E-state index in [-0.39, 0.29) is 34.3 Å². The SMILES string of the molecule is Br.CSC(=O)CC(C(=O)c1ccc(Cl)cc1)c1nc2cscc2[nH]1. The van der Waals surface area contributed by atoms with E-state index >= 15 is 0 Å². The van der Waals surface area contributed by atoms with Gasteiger partial charge in [0.05, 0.1) is 17.0 Å². The van der Waals surface area contributed by atoms with Gasteiger partial charge in [-0.05, 0) is 30.5 Å². The van der Waals surface area contributed by atoms with Crippen LogP contribution in [0, 0.1) is 0 Å². The molecule has 1 atom stereocenters. The van der Waals surface area contributed by atoms with E-state index in [0.717, 1.165) is 22.8 Å². The number of halogens is 2. The van der Waals surface area contributed by atoms with Gasteiger partial charge in [0.1, 0.15) is 5.82 Å². The van der Waals surface area contributed by atoms with Crippen LogP contribution in [0.15, 0.2) is 35.0 Å². The Morgan fingerprint density at radius 3 is 2.62 bits per heavy atom. The van der Waals surface area contributed by atoms with Crippen LogP contribution in [0.3, 0.4) is 0 Å². The number of benzene rings is 1. The van der Waals surface area contributed by atoms with E-state index in [1.807, 2.05) is 10.8 Å². The minimum atomic E-state index is -0.617. The van der Waals surface area contributed by atoms with E-state index in [0.29, 0.717) is 16.4 Å². The van der Waals surface area contributed by atoms with Crippen molar-refractivity contribution in [3.05, 3.63) is 51.4 Å². The second-order valence-electron chi connectivity index (χ2n) is 5.00. The highest BCUT2D eigenvalue weighted by Gasteiger charge is 2.27. The smallest absolute Gasteiger partial charge is 0.189 e. The molecule has 0 spiro atoms. The Kier molecular flexibility index (Phi) is 6.62. The molecule has 0 saturated heterocycles. The summed E-state index contributed by atoms with van der Waals surface area (Å²) in [4.78, 5) is 32.4. The van der Waals surface area contributed by atoms with E-state index in [9.17, 15) is 9.59 Å². The first kappa shape index (κ1) is 19.2. The number of thiophene rings is 1. The fraction of sp³-hybridized carbons (Fsp3) is 0.188. The average Bonchev–Trinajstić information content (AvgIpc) is 3.14. The van der Waals surface area contributed by atoms with Gasteiger partial charge >= 0.3 is 0 Å². The Bertz CT molecular complexity index is 832. The number of hydrogen-bond donors (Lipinski definition) is 1. The Balaban J connectivity index is 0.00000208. The summed E-state index contributed by atoms with van der Waals surface area (Å²) in [6.45, 7) is 0. The van der Waals surface area contributed by atoms with Crippen molar-refractivity contribution in [2.24, 2.45) is 0 Å². The zero-order valence-corrected chi connectivity index (χ0v) is 16.7. The molecule has 0 aliphatic rings. The lowest BCUT2D eigenvalue weighted by Gasteiger charge is -2.12. The summed E-state index contributed by atoms with van der Waals surface area (Å²) in [5.41, 5.74) is 2.22. The molecule has 0 aliphatic heterocycles. The second kappa shape index (κ2) is 8.29. The molecule has 0 aliphatic carbocycles. The van der Waals surface area contributed by atoms with Crippen LogP contribution in [0.1, 0.15) is 28.5 Å². The number of imidazole rings is 1. The topological polar surface area (TPSA) is 62.8 Å². The molecule has 1 unspecified atom stereocenters. The summed E-state index contributed by atoms with van der Waals surface area (Å²) in [6, 6.07) is 6.68. The van der Waals surface area contributed by atoms with Crippen LogP contribution in [0.25, 0.3) is 11.0 Å². The Morgan fingerprint density at radius 2 is 2.00 bits per heavy atom. The van der Waals surface area contributed by atoms with Crippen molar-refractivity contribution in [1.29, 1.82) is 0 Å². The zero-order valence-electron chi connectivity index (χ0n) is 12.6. The van der Waals surface area contributed by atoms with Crippen LogP contribution in [-0.2, 0) is 4.79 Å². The number of thioether (sulfide) groups is 1. The first-order chi connectivity index (χ1) is 11.1. The predicted octanol–water partition coefficient (Wildman–Crippen LogP) is 5.10. The number of nitrogens with zero attached hydrogens (tertiary/aromatic N) is 1. The fourth-order valence-corrected chi connectivity index (χ4v) is 3.46. The summed E-state index contributed by atoms with van der Waals surface area (Å²) < 4.78 is 0. The minimum Gasteiger partial charge on any atom is -0.341 e. The zero-order chi connectivity index (χ0) is 16.4. The lowest BCUT2D eigenvalue weighted by atomic mass is 9.94. The molecule has 0 radical (unpaired) electrons. The maximum Gasteiger partial charge on any atom is 0.189 e. The van der Waals surface area contributed by atoms with Crippen LogP contribution >= 0.6 is 51.7 Å². The van der Waals surface area contributed by atoms with Crippen LogP contribution in [-0.4, -0.2) is 27.1 Å². The van der Waals surface area contributed by atoms with Crippen molar-refractivity contribution >= 4 is 73.6 Å². The van der Waals surface area contributed by atoms with Gasteiger partial charge in [0, 0.05) is 27.8 Å². The quantitative estimate of drug-likeness (QED) is 0.555. The highest BCUT2D eigenvalue weighted by molar-refractivity contribution is 8.93. The number of carbonyl (C=O) groups excluding carboxylic acids is 2. The molecule has 1 N–H and O–H groups in total. The number of carbonyl (C=O) groups is 2. The van der Waals surface area contributed by atoms with Gasteiger partial charge < -0.3 is 4.98 Å². The molecule has 0 bridgehead atoms. The number of aromatic amines is 1. The standard InChI is InChI=1S/C16H13ClN2O2S2.BrH/c1-22-14(20)6-11(15(21)9-2-4-10(17)5-3-9)16-18-12-7-23-8-13(12)19-16;/h2-5,7-8,11H,6H2,1H3,(H,18,19);1H. The lowest BCUT2D eigenvalue weighted by Crippen LogP contribution is -2.17. The number of fused-ring (bicyclic) bond motifs is 1. The molecular formula is C16H14BrClN2O2S2. The number of nitrogens with one attached hydrogen (secondary N) is 1. The summed E-state index contributed by atoms with van der Waals surface area (Å²) in [6.07, 6.45) is 1.83.